The molecular formula is C13H16F2N2O. The standard InChI is InChI=1S/C13H16F2N2O/c1-9(2)8-17-12(7-16)10-3-5-11(6-4-10)18-13(14)15/h3-6,9,12-13,17H,8H2,1-2H3. The molecule has 0 spiro atoms. The molecule has 0 saturated heterocycles. The number of halogens is 2. The monoisotopic (exact) mass is 254 g/mol. The van der Waals surface area contributed by atoms with Crippen molar-refractivity contribution in [2.75, 3.05) is 6.54 Å². The minimum absolute atomic E-state index is 0.0919. The number of benzene rings is 1. The molecule has 5 heteroatoms. The molecule has 0 amide bonds. The van der Waals surface area contributed by atoms with Crippen LogP contribution in [0.5, 0.6) is 5.75 Å². The second-order valence-corrected chi connectivity index (χ2v) is 4.31. The van der Waals surface area contributed by atoms with E-state index in [0.717, 1.165) is 5.56 Å². The minimum Gasteiger partial charge on any atom is -0.435 e. The van der Waals surface area contributed by atoms with Crippen molar-refractivity contribution in [3.63, 3.8) is 0 Å². The van der Waals surface area contributed by atoms with E-state index < -0.39 is 12.7 Å². The van der Waals surface area contributed by atoms with Crippen LogP contribution in [0, 0.1) is 17.2 Å². The summed E-state index contributed by atoms with van der Waals surface area (Å²) in [4.78, 5) is 0. The summed E-state index contributed by atoms with van der Waals surface area (Å²) in [5, 5.41) is 12.1. The van der Waals surface area contributed by atoms with Crippen molar-refractivity contribution in [2.45, 2.75) is 26.5 Å². The summed E-state index contributed by atoms with van der Waals surface area (Å²) in [5.74, 6) is 0.525. The number of ether oxygens (including phenoxy) is 1. The van der Waals surface area contributed by atoms with Crippen LogP contribution in [0.2, 0.25) is 0 Å². The molecule has 1 aromatic carbocycles. The van der Waals surface area contributed by atoms with Gasteiger partial charge in [-0.1, -0.05) is 26.0 Å². The number of rotatable bonds is 6. The van der Waals surface area contributed by atoms with E-state index in [1.165, 1.54) is 12.1 Å². The van der Waals surface area contributed by atoms with Crippen LogP contribution in [0.4, 0.5) is 8.78 Å². The average molecular weight is 254 g/mol. The minimum atomic E-state index is -2.83. The highest BCUT2D eigenvalue weighted by atomic mass is 19.3. The van der Waals surface area contributed by atoms with Crippen molar-refractivity contribution >= 4 is 0 Å². The van der Waals surface area contributed by atoms with Crippen LogP contribution in [0.15, 0.2) is 24.3 Å². The maximum atomic E-state index is 12.0. The Hall–Kier alpha value is -1.67. The van der Waals surface area contributed by atoms with Crippen molar-refractivity contribution < 1.29 is 13.5 Å². The third kappa shape index (κ3) is 4.68. The van der Waals surface area contributed by atoms with Crippen molar-refractivity contribution in [1.29, 1.82) is 5.26 Å². The molecule has 18 heavy (non-hydrogen) atoms. The van der Waals surface area contributed by atoms with Gasteiger partial charge in [0.15, 0.2) is 0 Å². The number of alkyl halides is 2. The number of nitrogens with one attached hydrogen (secondary N) is 1. The average Bonchev–Trinajstić information content (AvgIpc) is 2.31. The predicted molar refractivity (Wildman–Crippen MR) is 64.3 cm³/mol. The first-order valence-electron chi connectivity index (χ1n) is 5.70. The summed E-state index contributed by atoms with van der Waals surface area (Å²) in [5.41, 5.74) is 0.736. The Morgan fingerprint density at radius 1 is 1.28 bits per heavy atom. The molecule has 3 nitrogen and oxygen atoms in total. The maximum Gasteiger partial charge on any atom is 0.387 e. The van der Waals surface area contributed by atoms with Gasteiger partial charge in [-0.2, -0.15) is 14.0 Å². The summed E-state index contributed by atoms with van der Waals surface area (Å²) in [7, 11) is 0. The molecule has 1 N–H and O–H groups in total. The van der Waals surface area contributed by atoms with Gasteiger partial charge in [-0.3, -0.25) is 5.32 Å². The van der Waals surface area contributed by atoms with E-state index in [2.05, 4.69) is 16.1 Å². The van der Waals surface area contributed by atoms with Crippen LogP contribution in [0.25, 0.3) is 0 Å². The zero-order chi connectivity index (χ0) is 13.5. The van der Waals surface area contributed by atoms with E-state index >= 15 is 0 Å². The van der Waals surface area contributed by atoms with E-state index in [1.807, 2.05) is 13.8 Å². The zero-order valence-electron chi connectivity index (χ0n) is 10.4. The first-order chi connectivity index (χ1) is 8.52. The molecule has 0 radical (unpaired) electrons. The number of nitrogens with zero attached hydrogens (tertiary/aromatic N) is 1. The summed E-state index contributed by atoms with van der Waals surface area (Å²) in [6.07, 6.45) is 0. The Morgan fingerprint density at radius 2 is 1.89 bits per heavy atom. The molecule has 0 heterocycles. The first-order valence-corrected chi connectivity index (χ1v) is 5.70. The molecule has 0 aliphatic rings. The van der Waals surface area contributed by atoms with Crippen molar-refractivity contribution in [2.24, 2.45) is 5.92 Å². The zero-order valence-corrected chi connectivity index (χ0v) is 10.4. The van der Waals surface area contributed by atoms with E-state index in [0.29, 0.717) is 12.5 Å². The van der Waals surface area contributed by atoms with Gasteiger partial charge < -0.3 is 4.74 Å². The van der Waals surface area contributed by atoms with E-state index in [1.54, 1.807) is 12.1 Å². The highest BCUT2D eigenvalue weighted by Crippen LogP contribution is 2.19. The summed E-state index contributed by atoms with van der Waals surface area (Å²) < 4.78 is 28.2. The first kappa shape index (κ1) is 14.4. The molecule has 1 atom stereocenters. The van der Waals surface area contributed by atoms with Gasteiger partial charge in [-0.25, -0.2) is 0 Å². The van der Waals surface area contributed by atoms with Gasteiger partial charge >= 0.3 is 6.61 Å². The largest absolute Gasteiger partial charge is 0.435 e. The lowest BCUT2D eigenvalue weighted by Gasteiger charge is -2.14. The maximum absolute atomic E-state index is 12.0. The second kappa shape index (κ2) is 6.92. The normalized spacial score (nSPS) is 12.5. The van der Waals surface area contributed by atoms with Crippen LogP contribution in [0.1, 0.15) is 25.5 Å². The summed E-state index contributed by atoms with van der Waals surface area (Å²) >= 11 is 0. The van der Waals surface area contributed by atoms with E-state index in [-0.39, 0.29) is 5.75 Å². The highest BCUT2D eigenvalue weighted by Gasteiger charge is 2.11. The molecule has 0 aromatic heterocycles. The SMILES string of the molecule is CC(C)CNC(C#N)c1ccc(OC(F)F)cc1. The van der Waals surface area contributed by atoms with E-state index in [9.17, 15) is 8.78 Å². The Morgan fingerprint density at radius 3 is 2.33 bits per heavy atom. The molecule has 0 aliphatic carbocycles. The number of nitriles is 1. The molecule has 98 valence electrons. The van der Waals surface area contributed by atoms with Crippen LogP contribution < -0.4 is 10.1 Å². The predicted octanol–water partition coefficient (Wildman–Crippen LogP) is 3.10. The van der Waals surface area contributed by atoms with Gasteiger partial charge in [0.1, 0.15) is 11.8 Å². The Labute approximate surface area is 105 Å². The summed E-state index contributed by atoms with van der Waals surface area (Å²) in [6.45, 7) is 1.97. The fourth-order valence-corrected chi connectivity index (χ4v) is 1.43. The van der Waals surface area contributed by atoms with Crippen LogP contribution in [-0.4, -0.2) is 13.2 Å². The lowest BCUT2D eigenvalue weighted by atomic mass is 10.1. The molecule has 1 aromatic rings. The Kier molecular flexibility index (Phi) is 5.53. The van der Waals surface area contributed by atoms with Crippen molar-refractivity contribution in [3.8, 4) is 11.8 Å². The van der Waals surface area contributed by atoms with Crippen molar-refractivity contribution in [1.82, 2.24) is 5.32 Å². The van der Waals surface area contributed by atoms with Crippen molar-refractivity contribution in [3.05, 3.63) is 29.8 Å². The molecule has 0 saturated carbocycles. The summed E-state index contributed by atoms with van der Waals surface area (Å²) in [6, 6.07) is 7.78. The topological polar surface area (TPSA) is 45.0 Å². The highest BCUT2D eigenvalue weighted by molar-refractivity contribution is 5.31. The van der Waals surface area contributed by atoms with Crippen LogP contribution in [0.3, 0.4) is 0 Å². The molecule has 0 aliphatic heterocycles. The Bertz CT molecular complexity index is 398. The smallest absolute Gasteiger partial charge is 0.387 e. The van der Waals surface area contributed by atoms with Gasteiger partial charge in [0.25, 0.3) is 0 Å². The Balaban J connectivity index is 2.67. The van der Waals surface area contributed by atoms with Gasteiger partial charge in [0.2, 0.25) is 0 Å². The van der Waals surface area contributed by atoms with Gasteiger partial charge in [-0.05, 0) is 30.2 Å². The number of hydrogen-bond donors (Lipinski definition) is 1. The van der Waals surface area contributed by atoms with Gasteiger partial charge in [-0.15, -0.1) is 0 Å². The fraction of sp³-hybridized carbons (Fsp3) is 0.462. The van der Waals surface area contributed by atoms with Crippen LogP contribution >= 0.6 is 0 Å². The third-order valence-corrected chi connectivity index (χ3v) is 2.30. The lowest BCUT2D eigenvalue weighted by Crippen LogP contribution is -2.24. The third-order valence-electron chi connectivity index (χ3n) is 2.30. The molecule has 0 bridgehead atoms. The fourth-order valence-electron chi connectivity index (χ4n) is 1.43. The second-order valence-electron chi connectivity index (χ2n) is 4.31. The number of hydrogen-bond acceptors (Lipinski definition) is 3. The molecular weight excluding hydrogens is 238 g/mol. The molecule has 1 unspecified atom stereocenters. The quantitative estimate of drug-likeness (QED) is 0.848. The molecule has 0 fully saturated rings. The molecule has 1 rings (SSSR count). The van der Waals surface area contributed by atoms with Gasteiger partial charge in [0.05, 0.1) is 6.07 Å². The van der Waals surface area contributed by atoms with Crippen LogP contribution in [-0.2, 0) is 0 Å². The van der Waals surface area contributed by atoms with Gasteiger partial charge in [0, 0.05) is 0 Å². The van der Waals surface area contributed by atoms with E-state index in [4.69, 9.17) is 5.26 Å². The lowest BCUT2D eigenvalue weighted by molar-refractivity contribution is -0.0498.